The van der Waals surface area contributed by atoms with Crippen molar-refractivity contribution >= 4 is 32.4 Å². The molecule has 0 saturated carbocycles. The van der Waals surface area contributed by atoms with Crippen LogP contribution in [0.4, 0.5) is 0 Å². The first-order chi connectivity index (χ1) is 7.43. The summed E-state index contributed by atoms with van der Waals surface area (Å²) >= 11 is 5.66. The molecule has 0 aliphatic heterocycles. The van der Waals surface area contributed by atoms with Crippen LogP contribution in [0.2, 0.25) is 5.15 Å². The standard InChI is InChI=1S/C8H11ClN2O3S2/c1-15(12)6-5-11-16(13,14)7-3-2-4-10-8(7)9/h2-4,11H,5-6H2,1H3. The number of nitrogens with zero attached hydrogens (tertiary/aromatic N) is 1. The maximum absolute atomic E-state index is 11.7. The minimum absolute atomic E-state index is 0.0708. The molecule has 8 heteroatoms. The summed E-state index contributed by atoms with van der Waals surface area (Å²) < 4.78 is 36.5. The number of nitrogens with one attached hydrogen (secondary N) is 1. The Hall–Kier alpha value is -0.500. The SMILES string of the molecule is CS(=O)CCNS(=O)(=O)c1cccnc1Cl. The highest BCUT2D eigenvalue weighted by Crippen LogP contribution is 2.16. The van der Waals surface area contributed by atoms with E-state index in [0.717, 1.165) is 0 Å². The van der Waals surface area contributed by atoms with E-state index in [-0.39, 0.29) is 22.3 Å². The molecule has 90 valence electrons. The molecule has 0 aliphatic rings. The lowest BCUT2D eigenvalue weighted by Gasteiger charge is -2.06. The van der Waals surface area contributed by atoms with E-state index in [0.29, 0.717) is 0 Å². The van der Waals surface area contributed by atoms with Crippen molar-refractivity contribution in [2.75, 3.05) is 18.6 Å². The van der Waals surface area contributed by atoms with Gasteiger partial charge < -0.3 is 0 Å². The largest absolute Gasteiger partial charge is 0.260 e. The third kappa shape index (κ3) is 3.82. The highest BCUT2D eigenvalue weighted by atomic mass is 35.5. The summed E-state index contributed by atoms with van der Waals surface area (Å²) in [5, 5.41) is -0.0763. The fourth-order valence-corrected chi connectivity index (χ4v) is 2.97. The van der Waals surface area contributed by atoms with E-state index in [1.54, 1.807) is 0 Å². The normalized spacial score (nSPS) is 13.6. The van der Waals surface area contributed by atoms with Crippen molar-refractivity contribution in [1.82, 2.24) is 9.71 Å². The molecule has 1 heterocycles. The van der Waals surface area contributed by atoms with Crippen molar-refractivity contribution < 1.29 is 12.6 Å². The number of sulfonamides is 1. The second-order valence-electron chi connectivity index (χ2n) is 2.97. The summed E-state index contributed by atoms with van der Waals surface area (Å²) in [5.74, 6) is 0.261. The molecule has 16 heavy (non-hydrogen) atoms. The van der Waals surface area contributed by atoms with Gasteiger partial charge >= 0.3 is 0 Å². The smallest absolute Gasteiger partial charge is 0.243 e. The van der Waals surface area contributed by atoms with Crippen molar-refractivity contribution in [2.45, 2.75) is 4.90 Å². The van der Waals surface area contributed by atoms with Crippen molar-refractivity contribution in [3.63, 3.8) is 0 Å². The van der Waals surface area contributed by atoms with Crippen LogP contribution in [-0.4, -0.2) is 36.2 Å². The predicted molar refractivity (Wildman–Crippen MR) is 63.4 cm³/mol. The number of hydrogen-bond donors (Lipinski definition) is 1. The molecule has 1 aromatic rings. The molecule has 1 atom stereocenters. The van der Waals surface area contributed by atoms with E-state index in [2.05, 4.69) is 9.71 Å². The van der Waals surface area contributed by atoms with E-state index in [1.807, 2.05) is 0 Å². The molecule has 1 aromatic heterocycles. The fraction of sp³-hybridized carbons (Fsp3) is 0.375. The highest BCUT2D eigenvalue weighted by molar-refractivity contribution is 7.89. The van der Waals surface area contributed by atoms with Crippen molar-refractivity contribution in [2.24, 2.45) is 0 Å². The molecule has 0 amide bonds. The van der Waals surface area contributed by atoms with Gasteiger partial charge in [0.15, 0.2) is 0 Å². The third-order valence-corrected chi connectivity index (χ3v) is 4.38. The summed E-state index contributed by atoms with van der Waals surface area (Å²) in [4.78, 5) is 3.60. The van der Waals surface area contributed by atoms with Crippen LogP contribution in [0.15, 0.2) is 23.2 Å². The molecule has 1 rings (SSSR count). The summed E-state index contributed by atoms with van der Waals surface area (Å²) in [7, 11) is -4.70. The molecular formula is C8H11ClN2O3S2. The number of aromatic nitrogens is 1. The van der Waals surface area contributed by atoms with Crippen molar-refractivity contribution in [3.05, 3.63) is 23.5 Å². The molecule has 1 N–H and O–H groups in total. The molecule has 0 aromatic carbocycles. The summed E-state index contributed by atoms with van der Waals surface area (Å²) in [6.07, 6.45) is 2.91. The number of hydrogen-bond acceptors (Lipinski definition) is 4. The molecule has 0 fully saturated rings. The predicted octanol–water partition coefficient (Wildman–Crippen LogP) is 0.392. The van der Waals surface area contributed by atoms with Crippen LogP contribution in [0.5, 0.6) is 0 Å². The summed E-state index contributed by atoms with van der Waals surface area (Å²) in [6.45, 7) is 0.108. The minimum Gasteiger partial charge on any atom is -0.260 e. The molecular weight excluding hydrogens is 272 g/mol. The van der Waals surface area contributed by atoms with Gasteiger partial charge in [-0.05, 0) is 12.1 Å². The Morgan fingerprint density at radius 2 is 2.25 bits per heavy atom. The second-order valence-corrected chi connectivity index (χ2v) is 6.62. The van der Waals surface area contributed by atoms with Crippen LogP contribution in [0.3, 0.4) is 0 Å². The Labute approximate surface area is 102 Å². The van der Waals surface area contributed by atoms with Gasteiger partial charge in [0.1, 0.15) is 10.0 Å². The lowest BCUT2D eigenvalue weighted by Crippen LogP contribution is -2.28. The monoisotopic (exact) mass is 282 g/mol. The Morgan fingerprint density at radius 1 is 1.56 bits per heavy atom. The Kier molecular flexibility index (Phi) is 4.85. The molecule has 0 spiro atoms. The molecule has 0 saturated heterocycles. The maximum atomic E-state index is 11.7. The maximum Gasteiger partial charge on any atom is 0.243 e. The molecule has 5 nitrogen and oxygen atoms in total. The van der Waals surface area contributed by atoms with Gasteiger partial charge in [-0.1, -0.05) is 11.6 Å². The number of halogens is 1. The van der Waals surface area contributed by atoms with E-state index < -0.39 is 20.8 Å². The van der Waals surface area contributed by atoms with Gasteiger partial charge in [-0.3, -0.25) is 4.21 Å². The van der Waals surface area contributed by atoms with Crippen molar-refractivity contribution in [1.29, 1.82) is 0 Å². The summed E-state index contributed by atoms with van der Waals surface area (Å²) in [6, 6.07) is 2.85. The van der Waals surface area contributed by atoms with Gasteiger partial charge in [-0.2, -0.15) is 0 Å². The summed E-state index contributed by atoms with van der Waals surface area (Å²) in [5.41, 5.74) is 0. The topological polar surface area (TPSA) is 76.1 Å². The van der Waals surface area contributed by atoms with Gasteiger partial charge in [0.2, 0.25) is 10.0 Å². The Morgan fingerprint density at radius 3 is 2.81 bits per heavy atom. The highest BCUT2D eigenvalue weighted by Gasteiger charge is 2.17. The molecule has 0 aliphatic carbocycles. The van der Waals surface area contributed by atoms with Crippen LogP contribution < -0.4 is 4.72 Å². The first-order valence-electron chi connectivity index (χ1n) is 4.33. The van der Waals surface area contributed by atoms with Crippen LogP contribution >= 0.6 is 11.6 Å². The van der Waals surface area contributed by atoms with Gasteiger partial charge in [0, 0.05) is 35.5 Å². The molecule has 0 radical (unpaired) electrons. The zero-order valence-corrected chi connectivity index (χ0v) is 10.9. The zero-order chi connectivity index (χ0) is 12.2. The third-order valence-electron chi connectivity index (χ3n) is 1.70. The van der Waals surface area contributed by atoms with E-state index >= 15 is 0 Å². The molecule has 1 unspecified atom stereocenters. The number of pyridine rings is 1. The first-order valence-corrected chi connectivity index (χ1v) is 7.92. The van der Waals surface area contributed by atoms with Crippen LogP contribution in [0.1, 0.15) is 0 Å². The fourth-order valence-electron chi connectivity index (χ4n) is 0.969. The van der Waals surface area contributed by atoms with Gasteiger partial charge in [-0.15, -0.1) is 0 Å². The lowest BCUT2D eigenvalue weighted by molar-refractivity contribution is 0.583. The average molecular weight is 283 g/mol. The quantitative estimate of drug-likeness (QED) is 0.793. The van der Waals surface area contributed by atoms with Gasteiger partial charge in [-0.25, -0.2) is 18.1 Å². The van der Waals surface area contributed by atoms with E-state index in [9.17, 15) is 12.6 Å². The zero-order valence-electron chi connectivity index (χ0n) is 8.51. The average Bonchev–Trinajstić information content (AvgIpc) is 2.17. The minimum atomic E-state index is -3.67. The van der Waals surface area contributed by atoms with Crippen molar-refractivity contribution in [3.8, 4) is 0 Å². The Balaban J connectivity index is 2.79. The Bertz CT molecular complexity index is 490. The lowest BCUT2D eigenvalue weighted by atomic mass is 10.5. The van der Waals surface area contributed by atoms with E-state index in [4.69, 9.17) is 11.6 Å². The first kappa shape index (κ1) is 13.6. The second kappa shape index (κ2) is 5.72. The van der Waals surface area contributed by atoms with Gasteiger partial charge in [0.25, 0.3) is 0 Å². The van der Waals surface area contributed by atoms with Crippen LogP contribution in [-0.2, 0) is 20.8 Å². The van der Waals surface area contributed by atoms with E-state index in [1.165, 1.54) is 24.6 Å². The van der Waals surface area contributed by atoms with Crippen LogP contribution in [0, 0.1) is 0 Å². The van der Waals surface area contributed by atoms with Crippen LogP contribution in [0.25, 0.3) is 0 Å². The van der Waals surface area contributed by atoms with Gasteiger partial charge in [0.05, 0.1) is 0 Å². The molecule has 0 bridgehead atoms. The number of rotatable bonds is 5.